The second-order valence-corrected chi connectivity index (χ2v) is 5.20. The van der Waals surface area contributed by atoms with E-state index < -0.39 is 23.3 Å². The number of esters is 1. The molecule has 3 nitrogen and oxygen atoms in total. The molecule has 0 amide bonds. The average molecular weight is 218 g/mol. The van der Waals surface area contributed by atoms with E-state index in [0.717, 1.165) is 0 Å². The Balaban J connectivity index is 2.58. The molecule has 0 aliphatic heterocycles. The van der Waals surface area contributed by atoms with Crippen LogP contribution in [0.4, 0.5) is 4.39 Å². The van der Waals surface area contributed by atoms with E-state index in [0.29, 0.717) is 12.8 Å². The Labute approximate surface area is 89.6 Å². The quantitative estimate of drug-likeness (QED) is 0.684. The van der Waals surface area contributed by atoms with E-state index in [4.69, 9.17) is 4.74 Å². The van der Waals surface area contributed by atoms with Crippen molar-refractivity contribution in [1.29, 1.82) is 0 Å². The van der Waals surface area contributed by atoms with Crippen LogP contribution in [-0.4, -0.2) is 28.4 Å². The molecule has 0 heterocycles. The van der Waals surface area contributed by atoms with E-state index in [9.17, 15) is 14.3 Å². The van der Waals surface area contributed by atoms with Gasteiger partial charge in [-0.1, -0.05) is 0 Å². The number of alkyl halides is 1. The summed E-state index contributed by atoms with van der Waals surface area (Å²) < 4.78 is 19.1. The van der Waals surface area contributed by atoms with Crippen LogP contribution in [0.5, 0.6) is 0 Å². The summed E-state index contributed by atoms with van der Waals surface area (Å²) in [6.45, 7) is 5.14. The first kappa shape index (κ1) is 12.4. The van der Waals surface area contributed by atoms with Crippen LogP contribution in [0.3, 0.4) is 0 Å². The molecule has 0 radical (unpaired) electrons. The van der Waals surface area contributed by atoms with Crippen molar-refractivity contribution < 1.29 is 19.0 Å². The zero-order valence-corrected chi connectivity index (χ0v) is 9.55. The van der Waals surface area contributed by atoms with E-state index in [1.165, 1.54) is 0 Å². The molecule has 0 unspecified atom stereocenters. The maximum absolute atomic E-state index is 14.1. The minimum absolute atomic E-state index is 0.0586. The Morgan fingerprint density at radius 2 is 1.87 bits per heavy atom. The Morgan fingerprint density at radius 1 is 1.40 bits per heavy atom. The summed E-state index contributed by atoms with van der Waals surface area (Å²) in [6, 6.07) is 0. The first-order valence-electron chi connectivity index (χ1n) is 5.33. The third kappa shape index (κ3) is 3.45. The third-order valence-electron chi connectivity index (χ3n) is 2.51. The zero-order chi connectivity index (χ0) is 11.7. The molecule has 0 aromatic carbocycles. The van der Waals surface area contributed by atoms with Crippen molar-refractivity contribution in [3.8, 4) is 0 Å². The van der Waals surface area contributed by atoms with E-state index in [1.54, 1.807) is 20.8 Å². The molecular formula is C11H19FO3. The van der Waals surface area contributed by atoms with Gasteiger partial charge in [-0.05, 0) is 46.5 Å². The average Bonchev–Trinajstić information content (AvgIpc) is 2.07. The third-order valence-corrected chi connectivity index (χ3v) is 2.51. The Kier molecular flexibility index (Phi) is 3.38. The summed E-state index contributed by atoms with van der Waals surface area (Å²) in [5.41, 5.74) is -2.56. The van der Waals surface area contributed by atoms with Crippen LogP contribution in [0.15, 0.2) is 0 Å². The van der Waals surface area contributed by atoms with Gasteiger partial charge in [0, 0.05) is 0 Å². The van der Waals surface area contributed by atoms with Crippen LogP contribution in [0.2, 0.25) is 0 Å². The maximum Gasteiger partial charge on any atom is 0.344 e. The van der Waals surface area contributed by atoms with Crippen LogP contribution in [-0.2, 0) is 9.53 Å². The van der Waals surface area contributed by atoms with Crippen molar-refractivity contribution in [2.75, 3.05) is 0 Å². The van der Waals surface area contributed by atoms with Crippen LogP contribution in [0, 0.1) is 0 Å². The highest BCUT2D eigenvalue weighted by Crippen LogP contribution is 2.34. The lowest BCUT2D eigenvalue weighted by atomic mass is 9.85. The molecule has 1 aliphatic carbocycles. The van der Waals surface area contributed by atoms with E-state index >= 15 is 0 Å². The predicted molar refractivity (Wildman–Crippen MR) is 54.2 cm³/mol. The van der Waals surface area contributed by atoms with E-state index in [-0.39, 0.29) is 12.8 Å². The van der Waals surface area contributed by atoms with Crippen LogP contribution < -0.4 is 0 Å². The lowest BCUT2D eigenvalue weighted by Crippen LogP contribution is -2.43. The molecule has 1 N–H and O–H groups in total. The van der Waals surface area contributed by atoms with Crippen molar-refractivity contribution in [1.82, 2.24) is 0 Å². The number of carbonyl (C=O) groups is 1. The fourth-order valence-corrected chi connectivity index (χ4v) is 1.63. The molecule has 0 aromatic rings. The molecule has 0 aromatic heterocycles. The van der Waals surface area contributed by atoms with Crippen LogP contribution in [0.1, 0.15) is 46.5 Å². The van der Waals surface area contributed by atoms with Gasteiger partial charge >= 0.3 is 5.97 Å². The monoisotopic (exact) mass is 218 g/mol. The molecule has 88 valence electrons. The van der Waals surface area contributed by atoms with Crippen molar-refractivity contribution in [3.63, 3.8) is 0 Å². The molecule has 1 rings (SSSR count). The molecule has 0 atom stereocenters. The number of aliphatic hydroxyl groups excluding tert-OH is 1. The summed E-state index contributed by atoms with van der Waals surface area (Å²) in [4.78, 5) is 11.6. The molecule has 15 heavy (non-hydrogen) atoms. The van der Waals surface area contributed by atoms with E-state index in [2.05, 4.69) is 0 Å². The smallest absolute Gasteiger partial charge is 0.344 e. The van der Waals surface area contributed by atoms with Crippen molar-refractivity contribution in [3.05, 3.63) is 0 Å². The highest BCUT2D eigenvalue weighted by molar-refractivity contribution is 5.79. The maximum atomic E-state index is 14.1. The number of rotatable bonds is 1. The highest BCUT2D eigenvalue weighted by Gasteiger charge is 2.44. The summed E-state index contributed by atoms with van der Waals surface area (Å²) in [7, 11) is 0. The summed E-state index contributed by atoms with van der Waals surface area (Å²) >= 11 is 0. The topological polar surface area (TPSA) is 46.5 Å². The second-order valence-electron chi connectivity index (χ2n) is 5.20. The summed E-state index contributed by atoms with van der Waals surface area (Å²) in [5, 5.41) is 9.24. The number of halogens is 1. The lowest BCUT2D eigenvalue weighted by molar-refractivity contribution is -0.173. The van der Waals surface area contributed by atoms with Gasteiger partial charge in [0.1, 0.15) is 5.60 Å². The lowest BCUT2D eigenvalue weighted by Gasteiger charge is -2.32. The molecule has 1 saturated carbocycles. The number of aliphatic hydroxyl groups is 1. The number of carbonyl (C=O) groups excluding carboxylic acids is 1. The number of hydrogen-bond acceptors (Lipinski definition) is 3. The summed E-state index contributed by atoms with van der Waals surface area (Å²) in [5.74, 6) is -0.790. The number of ether oxygens (including phenoxy) is 1. The molecular weight excluding hydrogens is 199 g/mol. The van der Waals surface area contributed by atoms with Gasteiger partial charge in [-0.2, -0.15) is 0 Å². The zero-order valence-electron chi connectivity index (χ0n) is 9.55. The van der Waals surface area contributed by atoms with Gasteiger partial charge in [0.05, 0.1) is 6.10 Å². The first-order valence-corrected chi connectivity index (χ1v) is 5.33. The van der Waals surface area contributed by atoms with Gasteiger partial charge in [0.25, 0.3) is 0 Å². The van der Waals surface area contributed by atoms with Gasteiger partial charge in [0.15, 0.2) is 0 Å². The molecule has 1 aliphatic rings. The molecule has 0 spiro atoms. The SMILES string of the molecule is CC(C)(C)OC(=O)C1(F)CCC(O)CC1. The van der Waals surface area contributed by atoms with Crippen LogP contribution >= 0.6 is 0 Å². The van der Waals surface area contributed by atoms with Gasteiger partial charge < -0.3 is 9.84 Å². The first-order chi connectivity index (χ1) is 6.73. The van der Waals surface area contributed by atoms with Gasteiger partial charge in [-0.3, -0.25) is 0 Å². The molecule has 4 heteroatoms. The molecule has 1 fully saturated rings. The molecule has 0 saturated heterocycles. The Hall–Kier alpha value is -0.640. The normalized spacial score (nSPS) is 32.5. The standard InChI is InChI=1S/C11H19FO3/c1-10(2,3)15-9(14)11(12)6-4-8(13)5-7-11/h8,13H,4-7H2,1-3H3. The fraction of sp³-hybridized carbons (Fsp3) is 0.909. The van der Waals surface area contributed by atoms with Gasteiger partial charge in [0.2, 0.25) is 5.67 Å². The minimum Gasteiger partial charge on any atom is -0.458 e. The van der Waals surface area contributed by atoms with Gasteiger partial charge in [-0.15, -0.1) is 0 Å². The Bertz CT molecular complexity index is 237. The van der Waals surface area contributed by atoms with Gasteiger partial charge in [-0.25, -0.2) is 9.18 Å². The van der Waals surface area contributed by atoms with Crippen molar-refractivity contribution in [2.24, 2.45) is 0 Å². The van der Waals surface area contributed by atoms with Crippen molar-refractivity contribution in [2.45, 2.75) is 63.8 Å². The minimum atomic E-state index is -1.90. The summed E-state index contributed by atoms with van der Waals surface area (Å²) in [6.07, 6.45) is 0.300. The Morgan fingerprint density at radius 3 is 2.27 bits per heavy atom. The van der Waals surface area contributed by atoms with Crippen LogP contribution in [0.25, 0.3) is 0 Å². The fourth-order valence-electron chi connectivity index (χ4n) is 1.63. The molecule has 0 bridgehead atoms. The highest BCUT2D eigenvalue weighted by atomic mass is 19.1. The predicted octanol–water partition coefficient (Wildman–Crippen LogP) is 1.97. The second kappa shape index (κ2) is 4.08. The number of hydrogen-bond donors (Lipinski definition) is 1. The largest absolute Gasteiger partial charge is 0.458 e. The van der Waals surface area contributed by atoms with Crippen molar-refractivity contribution >= 4 is 5.97 Å². The van der Waals surface area contributed by atoms with E-state index in [1.807, 2.05) is 0 Å².